The van der Waals surface area contributed by atoms with E-state index in [9.17, 15) is 4.39 Å². The van der Waals surface area contributed by atoms with E-state index in [0.717, 1.165) is 24.7 Å². The SMILES string of the molecule is CCNC(=NCCc1ccccc1F)N(C)Cc1cn(C)nc1C(C)C.I. The highest BCUT2D eigenvalue weighted by atomic mass is 127. The molecule has 150 valence electrons. The molecule has 1 aromatic heterocycles. The molecule has 0 fully saturated rings. The normalized spacial score (nSPS) is 11.4. The zero-order chi connectivity index (χ0) is 19.1. The summed E-state index contributed by atoms with van der Waals surface area (Å²) in [6, 6.07) is 6.87. The number of nitrogens with one attached hydrogen (secondary N) is 1. The average molecular weight is 487 g/mol. The fourth-order valence-corrected chi connectivity index (χ4v) is 2.95. The molecule has 1 N–H and O–H groups in total. The maximum atomic E-state index is 13.7. The van der Waals surface area contributed by atoms with Crippen molar-refractivity contribution < 1.29 is 4.39 Å². The molecular formula is C20H31FIN5. The van der Waals surface area contributed by atoms with Crippen molar-refractivity contribution in [3.63, 3.8) is 0 Å². The largest absolute Gasteiger partial charge is 0.357 e. The molecule has 2 rings (SSSR count). The van der Waals surface area contributed by atoms with E-state index in [2.05, 4.69) is 40.4 Å². The molecular weight excluding hydrogens is 456 g/mol. The minimum absolute atomic E-state index is 0. The average Bonchev–Trinajstić information content (AvgIpc) is 2.96. The fourth-order valence-electron chi connectivity index (χ4n) is 2.95. The van der Waals surface area contributed by atoms with E-state index in [-0.39, 0.29) is 29.8 Å². The molecule has 0 saturated carbocycles. The van der Waals surface area contributed by atoms with Crippen LogP contribution < -0.4 is 5.32 Å². The van der Waals surface area contributed by atoms with E-state index < -0.39 is 0 Å². The Morgan fingerprint density at radius 3 is 2.63 bits per heavy atom. The van der Waals surface area contributed by atoms with E-state index in [1.165, 1.54) is 11.6 Å². The van der Waals surface area contributed by atoms with Gasteiger partial charge >= 0.3 is 0 Å². The molecule has 0 amide bonds. The number of nitrogens with zero attached hydrogens (tertiary/aromatic N) is 4. The Bertz CT molecular complexity index is 742. The molecule has 1 aromatic carbocycles. The molecule has 0 saturated heterocycles. The third kappa shape index (κ3) is 6.79. The van der Waals surface area contributed by atoms with Crippen LogP contribution in [-0.4, -0.2) is 40.8 Å². The number of guanidine groups is 1. The molecule has 7 heteroatoms. The summed E-state index contributed by atoms with van der Waals surface area (Å²) in [6.45, 7) is 8.40. The van der Waals surface area contributed by atoms with Crippen LogP contribution in [0, 0.1) is 5.82 Å². The highest BCUT2D eigenvalue weighted by molar-refractivity contribution is 14.0. The molecule has 0 bridgehead atoms. The van der Waals surface area contributed by atoms with E-state index in [0.29, 0.717) is 24.4 Å². The summed E-state index contributed by atoms with van der Waals surface area (Å²) >= 11 is 0. The molecule has 0 radical (unpaired) electrons. The van der Waals surface area contributed by atoms with Crippen LogP contribution in [0.5, 0.6) is 0 Å². The van der Waals surface area contributed by atoms with Crippen LogP contribution in [0.2, 0.25) is 0 Å². The Balaban J connectivity index is 0.00000364. The van der Waals surface area contributed by atoms with Gasteiger partial charge in [-0.1, -0.05) is 32.0 Å². The van der Waals surface area contributed by atoms with Crippen molar-refractivity contribution in [1.29, 1.82) is 0 Å². The first-order valence-corrected chi connectivity index (χ1v) is 9.17. The lowest BCUT2D eigenvalue weighted by Gasteiger charge is -2.22. The summed E-state index contributed by atoms with van der Waals surface area (Å²) in [5, 5.41) is 7.88. The summed E-state index contributed by atoms with van der Waals surface area (Å²) in [5.41, 5.74) is 3.01. The highest BCUT2D eigenvalue weighted by Crippen LogP contribution is 2.18. The van der Waals surface area contributed by atoms with E-state index >= 15 is 0 Å². The number of halogens is 2. The number of aliphatic imine (C=N–C) groups is 1. The van der Waals surface area contributed by atoms with Gasteiger partial charge in [0, 0.05) is 45.5 Å². The Morgan fingerprint density at radius 2 is 2.00 bits per heavy atom. The molecule has 0 unspecified atom stereocenters. The zero-order valence-electron chi connectivity index (χ0n) is 16.9. The maximum Gasteiger partial charge on any atom is 0.193 e. The first-order chi connectivity index (χ1) is 12.4. The van der Waals surface area contributed by atoms with Gasteiger partial charge in [0.2, 0.25) is 0 Å². The van der Waals surface area contributed by atoms with Gasteiger partial charge < -0.3 is 10.2 Å². The standard InChI is InChI=1S/C20H30FN5.HI/c1-6-22-20(23-12-11-16-9-7-8-10-18(16)21)25(4)13-17-14-26(5)24-19(17)15(2)3;/h7-10,14-15H,6,11-13H2,1-5H3,(H,22,23);1H. The van der Waals surface area contributed by atoms with Gasteiger partial charge in [-0.25, -0.2) is 4.39 Å². The number of aryl methyl sites for hydroxylation is 1. The van der Waals surface area contributed by atoms with E-state index in [1.807, 2.05) is 37.8 Å². The van der Waals surface area contributed by atoms with Crippen molar-refractivity contribution in [3.8, 4) is 0 Å². The Hall–Kier alpha value is -1.64. The molecule has 1 heterocycles. The van der Waals surface area contributed by atoms with Gasteiger partial charge in [0.25, 0.3) is 0 Å². The molecule has 0 aliphatic heterocycles. The smallest absolute Gasteiger partial charge is 0.193 e. The zero-order valence-corrected chi connectivity index (χ0v) is 19.2. The molecule has 0 atom stereocenters. The Kier molecular flexibility index (Phi) is 9.76. The first kappa shape index (κ1) is 23.4. The van der Waals surface area contributed by atoms with Crippen LogP contribution >= 0.6 is 24.0 Å². The third-order valence-corrected chi connectivity index (χ3v) is 4.19. The van der Waals surface area contributed by atoms with Crippen molar-refractivity contribution in [3.05, 3.63) is 53.1 Å². The maximum absolute atomic E-state index is 13.7. The fraction of sp³-hybridized carbons (Fsp3) is 0.500. The molecule has 27 heavy (non-hydrogen) atoms. The van der Waals surface area contributed by atoms with Gasteiger partial charge in [-0.15, -0.1) is 24.0 Å². The van der Waals surface area contributed by atoms with Crippen molar-refractivity contribution in [2.24, 2.45) is 12.0 Å². The molecule has 0 aliphatic carbocycles. The second kappa shape index (κ2) is 11.3. The lowest BCUT2D eigenvalue weighted by molar-refractivity contribution is 0.473. The summed E-state index contributed by atoms with van der Waals surface area (Å²) in [7, 11) is 3.96. The van der Waals surface area contributed by atoms with Crippen LogP contribution in [0.1, 0.15) is 43.5 Å². The predicted octanol–water partition coefficient (Wildman–Crippen LogP) is 3.94. The van der Waals surface area contributed by atoms with Crippen LogP contribution in [0.3, 0.4) is 0 Å². The number of hydrogen-bond donors (Lipinski definition) is 1. The lowest BCUT2D eigenvalue weighted by atomic mass is 10.1. The van der Waals surface area contributed by atoms with Gasteiger partial charge in [-0.3, -0.25) is 9.67 Å². The summed E-state index contributed by atoms with van der Waals surface area (Å²) in [6.07, 6.45) is 2.65. The molecule has 5 nitrogen and oxygen atoms in total. The van der Waals surface area contributed by atoms with Gasteiger partial charge in [0.15, 0.2) is 5.96 Å². The van der Waals surface area contributed by atoms with Crippen LogP contribution in [0.4, 0.5) is 4.39 Å². The van der Waals surface area contributed by atoms with Gasteiger partial charge in [-0.05, 0) is 30.9 Å². The number of benzene rings is 1. The van der Waals surface area contributed by atoms with Crippen LogP contribution in [-0.2, 0) is 20.0 Å². The van der Waals surface area contributed by atoms with Gasteiger partial charge in [0.1, 0.15) is 5.82 Å². The third-order valence-electron chi connectivity index (χ3n) is 4.19. The summed E-state index contributed by atoms with van der Waals surface area (Å²) < 4.78 is 15.6. The van der Waals surface area contributed by atoms with Gasteiger partial charge in [0.05, 0.1) is 5.69 Å². The highest BCUT2D eigenvalue weighted by Gasteiger charge is 2.15. The second-order valence-electron chi connectivity index (χ2n) is 6.80. The quantitative estimate of drug-likeness (QED) is 0.366. The predicted molar refractivity (Wildman–Crippen MR) is 120 cm³/mol. The minimum Gasteiger partial charge on any atom is -0.357 e. The number of hydrogen-bond acceptors (Lipinski definition) is 2. The first-order valence-electron chi connectivity index (χ1n) is 9.17. The molecule has 0 aliphatic rings. The van der Waals surface area contributed by atoms with Crippen molar-refractivity contribution in [1.82, 2.24) is 20.0 Å². The Morgan fingerprint density at radius 1 is 1.30 bits per heavy atom. The number of aromatic nitrogens is 2. The minimum atomic E-state index is -0.169. The van der Waals surface area contributed by atoms with Crippen LogP contribution in [0.25, 0.3) is 0 Å². The monoisotopic (exact) mass is 487 g/mol. The van der Waals surface area contributed by atoms with Crippen molar-refractivity contribution in [2.75, 3.05) is 20.1 Å². The number of rotatable bonds is 7. The van der Waals surface area contributed by atoms with Crippen LogP contribution in [0.15, 0.2) is 35.5 Å². The van der Waals surface area contributed by atoms with Gasteiger partial charge in [-0.2, -0.15) is 5.10 Å². The summed E-state index contributed by atoms with van der Waals surface area (Å²) in [5.74, 6) is 1.03. The van der Waals surface area contributed by atoms with E-state index in [1.54, 1.807) is 6.07 Å². The topological polar surface area (TPSA) is 45.5 Å². The summed E-state index contributed by atoms with van der Waals surface area (Å²) in [4.78, 5) is 6.76. The Labute approximate surface area is 179 Å². The molecule has 0 spiro atoms. The van der Waals surface area contributed by atoms with Crippen molar-refractivity contribution >= 4 is 29.9 Å². The second-order valence-corrected chi connectivity index (χ2v) is 6.80. The molecule has 2 aromatic rings. The lowest BCUT2D eigenvalue weighted by Crippen LogP contribution is -2.38. The van der Waals surface area contributed by atoms with E-state index in [4.69, 9.17) is 0 Å². The van der Waals surface area contributed by atoms with Crippen molar-refractivity contribution in [2.45, 2.75) is 39.7 Å².